The van der Waals surface area contributed by atoms with E-state index in [0.29, 0.717) is 18.7 Å². The van der Waals surface area contributed by atoms with Crippen molar-refractivity contribution < 1.29 is 9.59 Å². The van der Waals surface area contributed by atoms with E-state index < -0.39 is 0 Å². The largest absolute Gasteiger partial charge is 0.338 e. The first-order valence-electron chi connectivity index (χ1n) is 11.3. The average molecular weight is 429 g/mol. The van der Waals surface area contributed by atoms with Gasteiger partial charge < -0.3 is 14.7 Å². The van der Waals surface area contributed by atoms with E-state index >= 15 is 0 Å². The van der Waals surface area contributed by atoms with Gasteiger partial charge in [-0.15, -0.1) is 0 Å². The smallest absolute Gasteiger partial charge is 0.254 e. The molecule has 0 aliphatic carbocycles. The number of likely N-dealkylation sites (N-methyl/N-ethyl adjacent to an activating group) is 1. The zero-order chi connectivity index (χ0) is 22.1. The van der Waals surface area contributed by atoms with Crippen LogP contribution in [0, 0.1) is 0 Å². The van der Waals surface area contributed by atoms with Crippen LogP contribution in [-0.4, -0.2) is 77.8 Å². The van der Waals surface area contributed by atoms with Crippen molar-refractivity contribution in [3.05, 3.63) is 77.5 Å². The van der Waals surface area contributed by atoms with Crippen LogP contribution in [0.25, 0.3) is 10.9 Å². The van der Waals surface area contributed by atoms with Crippen molar-refractivity contribution >= 4 is 22.7 Å². The molecule has 6 heteroatoms. The van der Waals surface area contributed by atoms with Crippen LogP contribution in [0.2, 0.25) is 0 Å². The predicted molar refractivity (Wildman–Crippen MR) is 125 cm³/mol. The number of piperazine rings is 1. The molecule has 1 atom stereocenters. The normalized spacial score (nSPS) is 19.5. The lowest BCUT2D eigenvalue weighted by molar-refractivity contribution is 0.0665. The van der Waals surface area contributed by atoms with Gasteiger partial charge in [-0.1, -0.05) is 36.4 Å². The standard InChI is InChI=1S/C26H28N4O2/c1-28-13-15-29(16-14-28)26(32)22-17-24(27-23-10-6-5-9-21(22)23)20-11-12-30(18-20)25(31)19-7-3-2-4-8-19/h2-10,17,20H,11-16,18H2,1H3/t20-/m1/s1. The molecule has 32 heavy (non-hydrogen) atoms. The first-order valence-corrected chi connectivity index (χ1v) is 11.3. The summed E-state index contributed by atoms with van der Waals surface area (Å²) in [5.74, 6) is 0.266. The lowest BCUT2D eigenvalue weighted by Crippen LogP contribution is -2.47. The van der Waals surface area contributed by atoms with E-state index in [0.717, 1.165) is 54.8 Å². The van der Waals surface area contributed by atoms with E-state index in [2.05, 4.69) is 11.9 Å². The molecule has 6 nitrogen and oxygen atoms in total. The molecule has 164 valence electrons. The summed E-state index contributed by atoms with van der Waals surface area (Å²) in [4.78, 5) is 37.4. The lowest BCUT2D eigenvalue weighted by atomic mass is 9.98. The molecule has 0 saturated carbocycles. The summed E-state index contributed by atoms with van der Waals surface area (Å²) < 4.78 is 0. The molecular weight excluding hydrogens is 400 g/mol. The van der Waals surface area contributed by atoms with Crippen molar-refractivity contribution in [2.24, 2.45) is 0 Å². The Bertz CT molecular complexity index is 1140. The van der Waals surface area contributed by atoms with Crippen LogP contribution in [0.4, 0.5) is 0 Å². The molecule has 2 amide bonds. The Morgan fingerprint density at radius 3 is 2.34 bits per heavy atom. The van der Waals surface area contributed by atoms with E-state index in [4.69, 9.17) is 4.98 Å². The topological polar surface area (TPSA) is 56.8 Å². The molecule has 3 aromatic rings. The molecule has 0 unspecified atom stereocenters. The zero-order valence-corrected chi connectivity index (χ0v) is 18.4. The van der Waals surface area contributed by atoms with Gasteiger partial charge in [0, 0.05) is 61.8 Å². The second-order valence-electron chi connectivity index (χ2n) is 8.81. The number of amides is 2. The fourth-order valence-corrected chi connectivity index (χ4v) is 4.71. The Hall–Kier alpha value is -3.25. The van der Waals surface area contributed by atoms with E-state index in [1.54, 1.807) is 0 Å². The quantitative estimate of drug-likeness (QED) is 0.643. The zero-order valence-electron chi connectivity index (χ0n) is 18.4. The minimum Gasteiger partial charge on any atom is -0.338 e. The Labute approximate surface area is 188 Å². The SMILES string of the molecule is CN1CCN(C(=O)c2cc([C@@H]3CCN(C(=O)c4ccccc4)C3)nc3ccccc23)CC1. The summed E-state index contributed by atoms with van der Waals surface area (Å²) in [5.41, 5.74) is 3.19. The Morgan fingerprint density at radius 2 is 1.56 bits per heavy atom. The molecule has 2 aromatic carbocycles. The van der Waals surface area contributed by atoms with Crippen LogP contribution in [-0.2, 0) is 0 Å². The number of hydrogen-bond acceptors (Lipinski definition) is 4. The molecule has 1 aromatic heterocycles. The summed E-state index contributed by atoms with van der Waals surface area (Å²) in [6.07, 6.45) is 0.853. The number of hydrogen-bond donors (Lipinski definition) is 0. The summed E-state index contributed by atoms with van der Waals surface area (Å²) >= 11 is 0. The maximum Gasteiger partial charge on any atom is 0.254 e. The summed E-state index contributed by atoms with van der Waals surface area (Å²) in [6.45, 7) is 4.59. The van der Waals surface area contributed by atoms with E-state index in [1.165, 1.54) is 0 Å². The van der Waals surface area contributed by atoms with Crippen molar-refractivity contribution in [2.75, 3.05) is 46.3 Å². The number of benzene rings is 2. The molecule has 5 rings (SSSR count). The highest BCUT2D eigenvalue weighted by Crippen LogP contribution is 2.30. The fraction of sp³-hybridized carbons (Fsp3) is 0.346. The van der Waals surface area contributed by atoms with Gasteiger partial charge in [-0.25, -0.2) is 0 Å². The van der Waals surface area contributed by atoms with Gasteiger partial charge >= 0.3 is 0 Å². The van der Waals surface area contributed by atoms with Crippen LogP contribution in [0.5, 0.6) is 0 Å². The van der Waals surface area contributed by atoms with E-state index in [-0.39, 0.29) is 17.7 Å². The van der Waals surface area contributed by atoms with Gasteiger partial charge in [-0.3, -0.25) is 14.6 Å². The number of fused-ring (bicyclic) bond motifs is 1. The van der Waals surface area contributed by atoms with Crippen LogP contribution in [0.1, 0.15) is 38.7 Å². The van der Waals surface area contributed by atoms with E-state index in [9.17, 15) is 9.59 Å². The summed E-state index contributed by atoms with van der Waals surface area (Å²) in [6, 6.07) is 19.3. The number of carbonyl (C=O) groups excluding carboxylic acids is 2. The highest BCUT2D eigenvalue weighted by molar-refractivity contribution is 6.06. The van der Waals surface area contributed by atoms with Crippen molar-refractivity contribution in [3.8, 4) is 0 Å². The van der Waals surface area contributed by atoms with Gasteiger partial charge in [-0.05, 0) is 37.7 Å². The number of likely N-dealkylation sites (tertiary alicyclic amines) is 1. The van der Waals surface area contributed by atoms with Gasteiger partial charge in [0.15, 0.2) is 0 Å². The molecule has 3 heterocycles. The van der Waals surface area contributed by atoms with Crippen LogP contribution in [0.3, 0.4) is 0 Å². The van der Waals surface area contributed by atoms with Crippen LogP contribution < -0.4 is 0 Å². The molecular formula is C26H28N4O2. The number of carbonyl (C=O) groups is 2. The van der Waals surface area contributed by atoms with Gasteiger partial charge in [-0.2, -0.15) is 0 Å². The van der Waals surface area contributed by atoms with E-state index in [1.807, 2.05) is 70.5 Å². The van der Waals surface area contributed by atoms with Crippen molar-refractivity contribution in [2.45, 2.75) is 12.3 Å². The van der Waals surface area contributed by atoms with Crippen LogP contribution >= 0.6 is 0 Å². The Kier molecular flexibility index (Phi) is 5.62. The number of nitrogens with zero attached hydrogens (tertiary/aromatic N) is 4. The molecule has 0 radical (unpaired) electrons. The molecule has 0 N–H and O–H groups in total. The minimum absolute atomic E-state index is 0.0580. The second-order valence-corrected chi connectivity index (χ2v) is 8.81. The Balaban J connectivity index is 1.42. The highest BCUT2D eigenvalue weighted by atomic mass is 16.2. The highest BCUT2D eigenvalue weighted by Gasteiger charge is 2.30. The number of aromatic nitrogens is 1. The third kappa shape index (κ3) is 3.98. The maximum absolute atomic E-state index is 13.5. The van der Waals surface area contributed by atoms with Gasteiger partial charge in [0.2, 0.25) is 0 Å². The van der Waals surface area contributed by atoms with Crippen molar-refractivity contribution in [3.63, 3.8) is 0 Å². The minimum atomic E-state index is 0.0580. The van der Waals surface area contributed by atoms with Gasteiger partial charge in [0.1, 0.15) is 0 Å². The third-order valence-corrected chi connectivity index (χ3v) is 6.67. The number of rotatable bonds is 3. The molecule has 0 bridgehead atoms. The summed E-state index contributed by atoms with van der Waals surface area (Å²) in [7, 11) is 2.09. The van der Waals surface area contributed by atoms with Crippen molar-refractivity contribution in [1.29, 1.82) is 0 Å². The molecule has 0 spiro atoms. The molecule has 2 saturated heterocycles. The maximum atomic E-state index is 13.5. The molecule has 2 aliphatic heterocycles. The first-order chi connectivity index (χ1) is 15.6. The third-order valence-electron chi connectivity index (χ3n) is 6.67. The number of pyridine rings is 1. The monoisotopic (exact) mass is 428 g/mol. The predicted octanol–water partition coefficient (Wildman–Crippen LogP) is 3.25. The molecule has 2 aliphatic rings. The lowest BCUT2D eigenvalue weighted by Gasteiger charge is -2.32. The second kappa shape index (κ2) is 8.71. The van der Waals surface area contributed by atoms with Crippen LogP contribution in [0.15, 0.2) is 60.7 Å². The van der Waals surface area contributed by atoms with Gasteiger partial charge in [0.25, 0.3) is 11.8 Å². The Morgan fingerprint density at radius 1 is 0.844 bits per heavy atom. The van der Waals surface area contributed by atoms with Gasteiger partial charge in [0.05, 0.1) is 11.1 Å². The average Bonchev–Trinajstić information content (AvgIpc) is 3.34. The number of para-hydroxylation sites is 1. The van der Waals surface area contributed by atoms with Crippen molar-refractivity contribution in [1.82, 2.24) is 19.7 Å². The summed E-state index contributed by atoms with van der Waals surface area (Å²) in [5, 5.41) is 0.899. The fourth-order valence-electron chi connectivity index (χ4n) is 4.71. The molecule has 2 fully saturated rings. The first kappa shape index (κ1) is 20.6.